The molecule has 280 valence electrons. The van der Waals surface area contributed by atoms with Gasteiger partial charge in [-0.15, -0.1) is 0 Å². The molecule has 0 radical (unpaired) electrons. The third-order valence-electron chi connectivity index (χ3n) is 9.01. The maximum Gasteiger partial charge on any atom is 0.357 e. The number of Topliss-reactive ketones (excluding diaryl/α,β-unsaturated/α-hetero) is 1. The molecule has 0 bridgehead atoms. The lowest BCUT2D eigenvalue weighted by atomic mass is 9.85. The molecule has 0 saturated carbocycles. The zero-order valence-corrected chi connectivity index (χ0v) is 30.5. The van der Waals surface area contributed by atoms with Gasteiger partial charge in [-0.3, -0.25) is 19.4 Å². The quantitative estimate of drug-likeness (QED) is 0.0914. The molecule has 1 aliphatic rings. The Kier molecular flexibility index (Phi) is 12.7. The number of aryl methyl sites for hydroxylation is 1. The van der Waals surface area contributed by atoms with Crippen LogP contribution in [0.3, 0.4) is 0 Å². The van der Waals surface area contributed by atoms with Crippen molar-refractivity contribution >= 4 is 40.8 Å². The minimum absolute atomic E-state index is 0.0991. The number of rotatable bonds is 14. The lowest BCUT2D eigenvalue weighted by molar-refractivity contribution is -0.155. The summed E-state index contributed by atoms with van der Waals surface area (Å²) in [5, 5.41) is 6.45. The highest BCUT2D eigenvalue weighted by atomic mass is 16.7. The summed E-state index contributed by atoms with van der Waals surface area (Å²) in [7, 11) is 4.43. The van der Waals surface area contributed by atoms with Crippen LogP contribution in [0.15, 0.2) is 60.7 Å². The number of hydrogen-bond acceptors (Lipinski definition) is 13. The van der Waals surface area contributed by atoms with Crippen LogP contribution in [0.1, 0.15) is 57.2 Å². The second kappa shape index (κ2) is 16.7. The van der Waals surface area contributed by atoms with E-state index >= 15 is 0 Å². The summed E-state index contributed by atoms with van der Waals surface area (Å²) in [6.45, 7) is 7.11. The largest absolute Gasteiger partial charge is 0.495 e. The van der Waals surface area contributed by atoms with Crippen molar-refractivity contribution in [3.63, 3.8) is 0 Å². The van der Waals surface area contributed by atoms with Gasteiger partial charge in [-0.2, -0.15) is 5.90 Å². The molecule has 1 heterocycles. The first-order chi connectivity index (χ1) is 24.6. The molecule has 4 rings (SSSR count). The Labute approximate surface area is 302 Å². The van der Waals surface area contributed by atoms with E-state index in [0.717, 1.165) is 15.6 Å². The van der Waals surface area contributed by atoms with Crippen LogP contribution in [0.5, 0.6) is 17.2 Å². The van der Waals surface area contributed by atoms with Gasteiger partial charge in [0.1, 0.15) is 5.75 Å². The molecular weight excluding hydrogens is 672 g/mol. The predicted molar refractivity (Wildman–Crippen MR) is 195 cm³/mol. The summed E-state index contributed by atoms with van der Waals surface area (Å²) in [4.78, 5) is 58.0. The monoisotopic (exact) mass is 720 g/mol. The number of nitrogens with zero attached hydrogens (tertiary/aromatic N) is 3. The highest BCUT2D eigenvalue weighted by molar-refractivity contribution is 6.02. The van der Waals surface area contributed by atoms with Crippen molar-refractivity contribution in [3.8, 4) is 17.2 Å². The van der Waals surface area contributed by atoms with E-state index in [9.17, 15) is 19.2 Å². The van der Waals surface area contributed by atoms with Crippen molar-refractivity contribution in [1.29, 1.82) is 0 Å². The number of anilines is 3. The van der Waals surface area contributed by atoms with Crippen LogP contribution in [-0.4, -0.2) is 61.6 Å². The van der Waals surface area contributed by atoms with Gasteiger partial charge in [0.25, 0.3) is 0 Å². The number of carbonyl (C=O) groups is 4. The number of ketones is 1. The fraction of sp³-hybridized carbons (Fsp3) is 0.389. The van der Waals surface area contributed by atoms with E-state index < -0.39 is 29.5 Å². The number of para-hydroxylation sites is 1. The third-order valence-corrected chi connectivity index (χ3v) is 9.01. The van der Waals surface area contributed by atoms with Crippen molar-refractivity contribution in [2.45, 2.75) is 64.6 Å². The third kappa shape index (κ3) is 8.71. The van der Waals surface area contributed by atoms with Gasteiger partial charge in [-0.1, -0.05) is 24.3 Å². The van der Waals surface area contributed by atoms with Gasteiger partial charge in [0, 0.05) is 24.4 Å². The molecule has 3 aromatic rings. The van der Waals surface area contributed by atoms with E-state index in [-0.39, 0.29) is 36.3 Å². The second-order valence-electron chi connectivity index (χ2n) is 13.1. The SMILES string of the molecule is COc1cc(N(N)C(=O)N(N)c2ccccc2C)ccc1NC(C)(C)C(=O)CC1CC(C)NN([C@@H](CC(=O)ON)c2ccc(OC)c(OC)c2)C1=O. The topological polar surface area (TPSA) is 217 Å². The number of methoxy groups -OCH3 is 3. The standard InChI is InChI=1S/C36H48N8O8/c1-21-10-8-9-11-27(21)43(38)35(48)42(37)25-13-14-26(30(19-25)50-6)40-36(3,4)32(45)18-24-16-22(2)41-44(34(24)47)28(20-33(46)52-39)23-12-15-29(49-5)31(17-23)51-7/h8-15,17,19,22,24,28,40-41H,16,18,20,37-39H2,1-7H3/t22?,24?,28-/m0/s1. The van der Waals surface area contributed by atoms with Crippen molar-refractivity contribution in [2.24, 2.45) is 23.5 Å². The van der Waals surface area contributed by atoms with Crippen LogP contribution in [0.2, 0.25) is 0 Å². The molecule has 1 fully saturated rings. The Bertz CT molecular complexity index is 1790. The summed E-state index contributed by atoms with van der Waals surface area (Å²) < 4.78 is 16.4. The normalized spacial score (nSPS) is 16.4. The average Bonchev–Trinajstić information content (AvgIpc) is 3.14. The first-order valence-corrected chi connectivity index (χ1v) is 16.5. The number of hydrogen-bond donors (Lipinski definition) is 5. The molecule has 8 N–H and O–H groups in total. The number of urea groups is 1. The maximum absolute atomic E-state index is 14.0. The first-order valence-electron chi connectivity index (χ1n) is 16.5. The van der Waals surface area contributed by atoms with Gasteiger partial charge >= 0.3 is 12.0 Å². The molecule has 0 spiro atoms. The van der Waals surface area contributed by atoms with E-state index in [4.69, 9.17) is 31.8 Å². The Morgan fingerprint density at radius 2 is 1.63 bits per heavy atom. The van der Waals surface area contributed by atoms with Gasteiger partial charge in [-0.25, -0.2) is 31.9 Å². The van der Waals surface area contributed by atoms with Gasteiger partial charge in [0.2, 0.25) is 5.91 Å². The zero-order valence-electron chi connectivity index (χ0n) is 30.5. The van der Waals surface area contributed by atoms with Gasteiger partial charge in [-0.05, 0) is 75.6 Å². The van der Waals surface area contributed by atoms with Crippen molar-refractivity contribution < 1.29 is 38.2 Å². The summed E-state index contributed by atoms with van der Waals surface area (Å²) >= 11 is 0. The minimum atomic E-state index is -1.17. The highest BCUT2D eigenvalue weighted by Crippen LogP contribution is 2.37. The molecule has 3 amide bonds. The lowest BCUT2D eigenvalue weighted by Gasteiger charge is -2.41. The Hall–Kier alpha value is -5.42. The minimum Gasteiger partial charge on any atom is -0.495 e. The number of amides is 3. The number of ether oxygens (including phenoxy) is 3. The van der Waals surface area contributed by atoms with Gasteiger partial charge < -0.3 is 24.4 Å². The lowest BCUT2D eigenvalue weighted by Crippen LogP contribution is -2.57. The Morgan fingerprint density at radius 1 is 0.962 bits per heavy atom. The Morgan fingerprint density at radius 3 is 2.27 bits per heavy atom. The van der Waals surface area contributed by atoms with E-state index in [1.165, 1.54) is 26.3 Å². The van der Waals surface area contributed by atoms with E-state index in [2.05, 4.69) is 15.6 Å². The highest BCUT2D eigenvalue weighted by Gasteiger charge is 2.41. The molecule has 2 unspecified atom stereocenters. The smallest absolute Gasteiger partial charge is 0.357 e. The number of hydrazine groups is 3. The van der Waals surface area contributed by atoms with E-state index in [0.29, 0.717) is 40.6 Å². The molecule has 0 aromatic heterocycles. The van der Waals surface area contributed by atoms with Gasteiger partial charge in [0.15, 0.2) is 17.3 Å². The van der Waals surface area contributed by atoms with Crippen LogP contribution >= 0.6 is 0 Å². The molecule has 16 nitrogen and oxygen atoms in total. The molecule has 1 aliphatic heterocycles. The summed E-state index contributed by atoms with van der Waals surface area (Å²) in [5.74, 6) is 16.6. The molecule has 3 atom stereocenters. The summed E-state index contributed by atoms with van der Waals surface area (Å²) in [6, 6.07) is 15.2. The van der Waals surface area contributed by atoms with Gasteiger partial charge in [0.05, 0.1) is 56.4 Å². The molecule has 3 aromatic carbocycles. The van der Waals surface area contributed by atoms with Crippen LogP contribution in [0.25, 0.3) is 0 Å². The molecular formula is C36H48N8O8. The maximum atomic E-state index is 14.0. The van der Waals surface area contributed by atoms with Crippen molar-refractivity contribution in [1.82, 2.24) is 10.4 Å². The molecule has 16 heteroatoms. The summed E-state index contributed by atoms with van der Waals surface area (Å²) in [5.41, 5.74) is 4.59. The second-order valence-corrected chi connectivity index (χ2v) is 13.1. The number of nitrogens with two attached hydrogens (primary N) is 3. The zero-order chi connectivity index (χ0) is 38.3. The average molecular weight is 721 g/mol. The fourth-order valence-corrected chi connectivity index (χ4v) is 6.10. The predicted octanol–water partition coefficient (Wildman–Crippen LogP) is 3.64. The molecule has 1 saturated heterocycles. The van der Waals surface area contributed by atoms with Crippen LogP contribution in [0.4, 0.5) is 21.9 Å². The number of carbonyl (C=O) groups excluding carboxylic acids is 4. The first kappa shape index (κ1) is 39.4. The van der Waals surface area contributed by atoms with E-state index in [1.807, 2.05) is 26.0 Å². The molecule has 0 aliphatic carbocycles. The number of benzene rings is 3. The van der Waals surface area contributed by atoms with Crippen molar-refractivity contribution in [2.75, 3.05) is 36.7 Å². The number of nitrogens with one attached hydrogen (secondary N) is 2. The van der Waals surface area contributed by atoms with Crippen LogP contribution in [-0.2, 0) is 19.2 Å². The Balaban J connectivity index is 1.52. The van der Waals surface area contributed by atoms with Crippen LogP contribution in [0, 0.1) is 12.8 Å². The van der Waals surface area contributed by atoms with E-state index in [1.54, 1.807) is 62.4 Å². The van der Waals surface area contributed by atoms with Crippen LogP contribution < -0.4 is 52.6 Å². The molecule has 52 heavy (non-hydrogen) atoms. The van der Waals surface area contributed by atoms with Crippen molar-refractivity contribution in [3.05, 3.63) is 71.8 Å². The summed E-state index contributed by atoms with van der Waals surface area (Å²) in [6.07, 6.45) is 0.0101. The fourth-order valence-electron chi connectivity index (χ4n) is 6.10.